The van der Waals surface area contributed by atoms with Crippen molar-refractivity contribution in [3.8, 4) is 0 Å². The van der Waals surface area contributed by atoms with Gasteiger partial charge in [-0.1, -0.05) is 13.8 Å². The lowest BCUT2D eigenvalue weighted by Gasteiger charge is -2.40. The van der Waals surface area contributed by atoms with Gasteiger partial charge in [0, 0.05) is 30.1 Å². The van der Waals surface area contributed by atoms with Gasteiger partial charge in [0.05, 0.1) is 22.2 Å². The first-order valence-electron chi connectivity index (χ1n) is 13.5. The van der Waals surface area contributed by atoms with Gasteiger partial charge >= 0.3 is 5.97 Å². The normalized spacial score (nSPS) is 20.5. The molecule has 2 aromatic rings. The van der Waals surface area contributed by atoms with Crippen molar-refractivity contribution in [2.45, 2.75) is 106 Å². The van der Waals surface area contributed by atoms with Crippen molar-refractivity contribution in [3.05, 3.63) is 34.9 Å². The Bertz CT molecular complexity index is 1190. The number of aryl methyl sites for hydroxylation is 1. The molecule has 9 heteroatoms. The number of hydrogen-bond donors (Lipinski definition) is 2. The third-order valence-electron chi connectivity index (χ3n) is 6.73. The first-order chi connectivity index (χ1) is 17.4. The van der Waals surface area contributed by atoms with E-state index >= 15 is 4.39 Å². The standard InChI is InChI=1S/C29H44FN5O3/c1-17(2)25(36)20-14-22(33-23-13-19(4)35(34-23)27(5,6)7)32-21(24(20)30)16-29(11-12-31-18(3)15-29)26(37)38-28(8,9)10/h13-14,17-18,31H,11-12,15-16H2,1-10H3,(H,32,33,34). The van der Waals surface area contributed by atoms with E-state index < -0.39 is 22.8 Å². The van der Waals surface area contributed by atoms with Crippen molar-refractivity contribution in [2.75, 3.05) is 11.9 Å². The molecule has 0 bridgehead atoms. The van der Waals surface area contributed by atoms with Crippen LogP contribution in [0.3, 0.4) is 0 Å². The van der Waals surface area contributed by atoms with Crippen molar-refractivity contribution in [3.63, 3.8) is 0 Å². The predicted molar refractivity (Wildman–Crippen MR) is 147 cm³/mol. The van der Waals surface area contributed by atoms with Gasteiger partial charge in [-0.05, 0) is 80.8 Å². The number of esters is 1. The fraction of sp³-hybridized carbons (Fsp3) is 0.655. The Morgan fingerprint density at radius 1 is 1.21 bits per heavy atom. The minimum absolute atomic E-state index is 0.0309. The maximum atomic E-state index is 16.0. The Morgan fingerprint density at radius 3 is 2.39 bits per heavy atom. The van der Waals surface area contributed by atoms with E-state index in [1.165, 1.54) is 6.07 Å². The van der Waals surface area contributed by atoms with E-state index in [1.807, 2.05) is 45.4 Å². The summed E-state index contributed by atoms with van der Waals surface area (Å²) in [5, 5.41) is 11.2. The van der Waals surface area contributed by atoms with E-state index in [-0.39, 0.29) is 41.0 Å². The molecule has 0 saturated carbocycles. The number of Topliss-reactive ketones (excluding diaryl/α,β-unsaturated/α-hetero) is 1. The average Bonchev–Trinajstić information content (AvgIpc) is 3.14. The summed E-state index contributed by atoms with van der Waals surface area (Å²) in [6.07, 6.45) is 0.986. The highest BCUT2D eigenvalue weighted by atomic mass is 19.1. The van der Waals surface area contributed by atoms with E-state index in [1.54, 1.807) is 13.8 Å². The summed E-state index contributed by atoms with van der Waals surface area (Å²) in [5.74, 6) is -0.925. The molecule has 0 aliphatic carbocycles. The summed E-state index contributed by atoms with van der Waals surface area (Å²) in [6, 6.07) is 3.37. The average molecular weight is 530 g/mol. The molecule has 2 N–H and O–H groups in total. The van der Waals surface area contributed by atoms with E-state index in [4.69, 9.17) is 4.74 Å². The minimum atomic E-state index is -0.965. The van der Waals surface area contributed by atoms with Crippen LogP contribution < -0.4 is 10.6 Å². The summed E-state index contributed by atoms with van der Waals surface area (Å²) in [6.45, 7) is 19.7. The maximum Gasteiger partial charge on any atom is 0.313 e. The monoisotopic (exact) mass is 529 g/mol. The SMILES string of the molecule is Cc1cc(Nc2cc(C(=O)C(C)C)c(F)c(CC3(C(=O)OC(C)(C)C)CCNC(C)C3)n2)nn1C(C)(C)C. The number of piperidine rings is 1. The number of anilines is 2. The maximum absolute atomic E-state index is 16.0. The Labute approximate surface area is 226 Å². The highest BCUT2D eigenvalue weighted by Crippen LogP contribution is 2.39. The zero-order valence-electron chi connectivity index (χ0n) is 24.6. The topological polar surface area (TPSA) is 98.1 Å². The molecule has 3 rings (SSSR count). The molecule has 3 heterocycles. The van der Waals surface area contributed by atoms with Crippen LogP contribution in [-0.2, 0) is 21.5 Å². The number of carbonyl (C=O) groups is 2. The highest BCUT2D eigenvalue weighted by molar-refractivity contribution is 5.98. The third kappa shape index (κ3) is 6.79. The van der Waals surface area contributed by atoms with Gasteiger partial charge in [-0.25, -0.2) is 9.37 Å². The molecule has 2 unspecified atom stereocenters. The summed E-state index contributed by atoms with van der Waals surface area (Å²) in [7, 11) is 0. The molecular weight excluding hydrogens is 485 g/mol. The number of aromatic nitrogens is 3. The fourth-order valence-corrected chi connectivity index (χ4v) is 5.04. The number of rotatable bonds is 7. The number of ether oxygens (including phenoxy) is 1. The molecule has 1 fully saturated rings. The second-order valence-corrected chi connectivity index (χ2v) is 13.0. The summed E-state index contributed by atoms with van der Waals surface area (Å²) < 4.78 is 23.7. The van der Waals surface area contributed by atoms with Crippen LogP contribution in [0.25, 0.3) is 0 Å². The number of carbonyl (C=O) groups excluding carboxylic acids is 2. The molecule has 38 heavy (non-hydrogen) atoms. The number of nitrogens with one attached hydrogen (secondary N) is 2. The lowest BCUT2D eigenvalue weighted by Crippen LogP contribution is -2.50. The van der Waals surface area contributed by atoms with Crippen LogP contribution in [0.2, 0.25) is 0 Å². The van der Waals surface area contributed by atoms with Crippen LogP contribution in [0, 0.1) is 24.1 Å². The number of ketones is 1. The van der Waals surface area contributed by atoms with Crippen molar-refractivity contribution in [1.82, 2.24) is 20.1 Å². The molecular formula is C29H44FN5O3. The van der Waals surface area contributed by atoms with E-state index in [2.05, 4.69) is 41.5 Å². The number of pyridine rings is 1. The molecule has 0 aromatic carbocycles. The smallest absolute Gasteiger partial charge is 0.313 e. The molecule has 1 saturated heterocycles. The van der Waals surface area contributed by atoms with Crippen LogP contribution in [-0.4, -0.2) is 44.7 Å². The van der Waals surface area contributed by atoms with Crippen LogP contribution in [0.4, 0.5) is 16.0 Å². The molecule has 2 atom stereocenters. The van der Waals surface area contributed by atoms with Gasteiger partial charge in [0.25, 0.3) is 0 Å². The fourth-order valence-electron chi connectivity index (χ4n) is 5.04. The van der Waals surface area contributed by atoms with E-state index in [9.17, 15) is 9.59 Å². The Hall–Kier alpha value is -2.81. The number of hydrogen-bond acceptors (Lipinski definition) is 7. The predicted octanol–water partition coefficient (Wildman–Crippen LogP) is 5.71. The Balaban J connectivity index is 2.09. The largest absolute Gasteiger partial charge is 0.460 e. The number of nitrogens with zero attached hydrogens (tertiary/aromatic N) is 3. The number of halogens is 1. The first-order valence-corrected chi connectivity index (χ1v) is 13.5. The molecule has 8 nitrogen and oxygen atoms in total. The van der Waals surface area contributed by atoms with Crippen LogP contribution >= 0.6 is 0 Å². The molecule has 1 aliphatic rings. The molecule has 1 aliphatic heterocycles. The lowest BCUT2D eigenvalue weighted by atomic mass is 9.72. The third-order valence-corrected chi connectivity index (χ3v) is 6.73. The van der Waals surface area contributed by atoms with Crippen LogP contribution in [0.1, 0.15) is 96.9 Å². The van der Waals surface area contributed by atoms with Crippen molar-refractivity contribution >= 4 is 23.4 Å². The minimum Gasteiger partial charge on any atom is -0.460 e. The van der Waals surface area contributed by atoms with Gasteiger partial charge in [0.1, 0.15) is 11.4 Å². The van der Waals surface area contributed by atoms with Gasteiger partial charge in [-0.3, -0.25) is 14.3 Å². The molecule has 0 radical (unpaired) electrons. The van der Waals surface area contributed by atoms with E-state index in [0.29, 0.717) is 31.0 Å². The zero-order valence-corrected chi connectivity index (χ0v) is 24.6. The van der Waals surface area contributed by atoms with Gasteiger partial charge in [0.15, 0.2) is 17.4 Å². The summed E-state index contributed by atoms with van der Waals surface area (Å²) >= 11 is 0. The van der Waals surface area contributed by atoms with Crippen molar-refractivity contribution < 1.29 is 18.7 Å². The van der Waals surface area contributed by atoms with Gasteiger partial charge in [-0.15, -0.1) is 0 Å². The second-order valence-electron chi connectivity index (χ2n) is 13.0. The second kappa shape index (κ2) is 10.8. The molecule has 2 aromatic heterocycles. The Kier molecular flexibility index (Phi) is 8.41. The quantitative estimate of drug-likeness (QED) is 0.350. The molecule has 0 spiro atoms. The van der Waals surface area contributed by atoms with Crippen molar-refractivity contribution in [1.29, 1.82) is 0 Å². The molecule has 210 valence electrons. The summed E-state index contributed by atoms with van der Waals surface area (Å²) in [4.78, 5) is 31.2. The van der Waals surface area contributed by atoms with Crippen molar-refractivity contribution in [2.24, 2.45) is 11.3 Å². The zero-order chi connectivity index (χ0) is 28.6. The van der Waals surface area contributed by atoms with Gasteiger partial charge in [-0.2, -0.15) is 5.10 Å². The summed E-state index contributed by atoms with van der Waals surface area (Å²) in [5.41, 5.74) is -0.890. The van der Waals surface area contributed by atoms with Gasteiger partial charge < -0.3 is 15.4 Å². The van der Waals surface area contributed by atoms with Gasteiger partial charge in [0.2, 0.25) is 0 Å². The van der Waals surface area contributed by atoms with E-state index in [0.717, 1.165) is 5.69 Å². The first kappa shape index (κ1) is 29.7. The highest BCUT2D eigenvalue weighted by Gasteiger charge is 2.45. The van der Waals surface area contributed by atoms with Crippen LogP contribution in [0.15, 0.2) is 12.1 Å². The lowest BCUT2D eigenvalue weighted by molar-refractivity contribution is -0.170. The van der Waals surface area contributed by atoms with Crippen LogP contribution in [0.5, 0.6) is 0 Å². The Morgan fingerprint density at radius 2 is 1.87 bits per heavy atom. The molecule has 0 amide bonds.